The lowest BCUT2D eigenvalue weighted by molar-refractivity contribution is 0.471. The van der Waals surface area contributed by atoms with Crippen LogP contribution < -0.4 is 5.32 Å². The number of halogens is 2. The predicted octanol–water partition coefficient (Wildman–Crippen LogP) is 4.80. The van der Waals surface area contributed by atoms with Crippen LogP contribution in [0.1, 0.15) is 23.3 Å². The van der Waals surface area contributed by atoms with Gasteiger partial charge in [0.1, 0.15) is 5.82 Å². The van der Waals surface area contributed by atoms with Crippen LogP contribution in [0.2, 0.25) is 0 Å². The van der Waals surface area contributed by atoms with Crippen LogP contribution >= 0.6 is 27.3 Å². The van der Waals surface area contributed by atoms with Crippen molar-refractivity contribution in [3.63, 3.8) is 0 Å². The summed E-state index contributed by atoms with van der Waals surface area (Å²) in [5.41, 5.74) is 1.22. The molecule has 0 radical (unpaired) electrons. The van der Waals surface area contributed by atoms with Crippen LogP contribution in [0.3, 0.4) is 0 Å². The van der Waals surface area contributed by atoms with Crippen LogP contribution in [-0.4, -0.2) is 12.6 Å². The quantitative estimate of drug-likeness (QED) is 0.740. The minimum atomic E-state index is -0.159. The first-order valence-corrected chi connectivity index (χ1v) is 9.02. The summed E-state index contributed by atoms with van der Waals surface area (Å²) in [7, 11) is 0. The molecule has 0 bridgehead atoms. The molecule has 0 aliphatic heterocycles. The highest BCUT2D eigenvalue weighted by Gasteiger charge is 2.22. The third-order valence-corrected chi connectivity index (χ3v) is 5.47. The normalized spacial score (nSPS) is 16.1. The van der Waals surface area contributed by atoms with Crippen molar-refractivity contribution in [3.8, 4) is 0 Å². The minimum Gasteiger partial charge on any atom is -0.314 e. The average molecular weight is 368 g/mol. The molecule has 1 unspecified atom stereocenters. The van der Waals surface area contributed by atoms with Crippen molar-refractivity contribution in [1.29, 1.82) is 0 Å². The molecule has 112 valence electrons. The second-order valence-electron chi connectivity index (χ2n) is 5.79. The van der Waals surface area contributed by atoms with Gasteiger partial charge in [0.15, 0.2) is 0 Å². The van der Waals surface area contributed by atoms with Crippen LogP contribution in [0, 0.1) is 11.7 Å². The lowest BCUT2D eigenvalue weighted by Gasteiger charge is -2.17. The summed E-state index contributed by atoms with van der Waals surface area (Å²) in [6.07, 6.45) is 4.70. The van der Waals surface area contributed by atoms with Gasteiger partial charge in [0, 0.05) is 10.9 Å². The van der Waals surface area contributed by atoms with E-state index in [9.17, 15) is 4.39 Å². The predicted molar refractivity (Wildman–Crippen MR) is 90.3 cm³/mol. The van der Waals surface area contributed by atoms with E-state index in [-0.39, 0.29) is 5.82 Å². The van der Waals surface area contributed by atoms with Crippen molar-refractivity contribution in [3.05, 3.63) is 56.4 Å². The van der Waals surface area contributed by atoms with Gasteiger partial charge in [-0.2, -0.15) is 0 Å². The Morgan fingerprint density at radius 3 is 2.52 bits per heavy atom. The standard InChI is InChI=1S/C17H19BrFNS/c18-17-8-7-16(21-17)10-13(11-20-15-5-6-15)9-12-1-3-14(19)4-2-12/h1-4,7-8,13,15,20H,5-6,9-11H2. The molecule has 0 spiro atoms. The van der Waals surface area contributed by atoms with Crippen molar-refractivity contribution in [2.24, 2.45) is 5.92 Å². The maximum atomic E-state index is 13.0. The van der Waals surface area contributed by atoms with Gasteiger partial charge in [-0.25, -0.2) is 4.39 Å². The molecular weight excluding hydrogens is 349 g/mol. The van der Waals surface area contributed by atoms with Crippen LogP contribution in [0.5, 0.6) is 0 Å². The maximum absolute atomic E-state index is 13.0. The molecule has 1 aliphatic carbocycles. The van der Waals surface area contributed by atoms with E-state index in [4.69, 9.17) is 0 Å². The molecule has 1 atom stereocenters. The van der Waals surface area contributed by atoms with E-state index in [0.717, 1.165) is 25.4 Å². The van der Waals surface area contributed by atoms with Crippen molar-refractivity contribution >= 4 is 27.3 Å². The van der Waals surface area contributed by atoms with Gasteiger partial charge < -0.3 is 5.32 Å². The molecule has 4 heteroatoms. The smallest absolute Gasteiger partial charge is 0.123 e. The van der Waals surface area contributed by atoms with Gasteiger partial charge in [-0.3, -0.25) is 0 Å². The van der Waals surface area contributed by atoms with Crippen LogP contribution in [0.25, 0.3) is 0 Å². The van der Waals surface area contributed by atoms with Gasteiger partial charge in [-0.05, 0) is 83.9 Å². The number of hydrogen-bond donors (Lipinski definition) is 1. The Labute approximate surface area is 137 Å². The molecule has 1 heterocycles. The molecule has 1 fully saturated rings. The number of hydrogen-bond acceptors (Lipinski definition) is 2. The first kappa shape index (κ1) is 15.2. The SMILES string of the molecule is Fc1ccc(CC(CNC2CC2)Cc2ccc(Br)s2)cc1. The van der Waals surface area contributed by atoms with E-state index in [0.29, 0.717) is 5.92 Å². The Kier molecular flexibility index (Phi) is 5.09. The third-order valence-electron chi connectivity index (χ3n) is 3.83. The van der Waals surface area contributed by atoms with E-state index in [2.05, 4.69) is 33.4 Å². The van der Waals surface area contributed by atoms with Crippen molar-refractivity contribution in [1.82, 2.24) is 5.32 Å². The van der Waals surface area contributed by atoms with Crippen molar-refractivity contribution < 1.29 is 4.39 Å². The number of benzene rings is 1. The number of thiophene rings is 1. The summed E-state index contributed by atoms with van der Waals surface area (Å²) in [6.45, 7) is 1.04. The monoisotopic (exact) mass is 367 g/mol. The highest BCUT2D eigenvalue weighted by molar-refractivity contribution is 9.11. The second-order valence-corrected chi connectivity index (χ2v) is 8.34. The van der Waals surface area contributed by atoms with Crippen molar-refractivity contribution in [2.45, 2.75) is 31.7 Å². The summed E-state index contributed by atoms with van der Waals surface area (Å²) < 4.78 is 14.2. The number of rotatable bonds is 7. The molecule has 1 saturated carbocycles. The fraction of sp³-hybridized carbons (Fsp3) is 0.412. The van der Waals surface area contributed by atoms with Gasteiger partial charge in [0.25, 0.3) is 0 Å². The molecule has 0 amide bonds. The second kappa shape index (κ2) is 7.03. The molecule has 0 saturated heterocycles. The average Bonchev–Trinajstić information content (AvgIpc) is 3.21. The summed E-state index contributed by atoms with van der Waals surface area (Å²) in [5, 5.41) is 3.63. The van der Waals surface area contributed by atoms with Gasteiger partial charge in [-0.1, -0.05) is 12.1 Å². The maximum Gasteiger partial charge on any atom is 0.123 e. The largest absolute Gasteiger partial charge is 0.314 e. The van der Waals surface area contributed by atoms with Crippen LogP contribution in [-0.2, 0) is 12.8 Å². The first-order valence-electron chi connectivity index (χ1n) is 7.41. The van der Waals surface area contributed by atoms with Crippen LogP contribution in [0.4, 0.5) is 4.39 Å². The molecular formula is C17H19BrFNS. The fourth-order valence-corrected chi connectivity index (χ4v) is 4.13. The lowest BCUT2D eigenvalue weighted by Crippen LogP contribution is -2.27. The zero-order valence-corrected chi connectivity index (χ0v) is 14.2. The summed E-state index contributed by atoms with van der Waals surface area (Å²) in [5.74, 6) is 0.398. The zero-order chi connectivity index (χ0) is 14.7. The fourth-order valence-electron chi connectivity index (χ4n) is 2.54. The Hall–Kier alpha value is -0.710. The van der Waals surface area contributed by atoms with E-state index in [1.54, 1.807) is 12.1 Å². The van der Waals surface area contributed by atoms with E-state index < -0.39 is 0 Å². The van der Waals surface area contributed by atoms with Gasteiger partial charge in [-0.15, -0.1) is 11.3 Å². The van der Waals surface area contributed by atoms with Gasteiger partial charge in [0.2, 0.25) is 0 Å². The zero-order valence-electron chi connectivity index (χ0n) is 11.8. The Morgan fingerprint density at radius 2 is 1.90 bits per heavy atom. The molecule has 21 heavy (non-hydrogen) atoms. The van der Waals surface area contributed by atoms with Crippen molar-refractivity contribution in [2.75, 3.05) is 6.54 Å². The molecule has 1 aromatic heterocycles. The van der Waals surface area contributed by atoms with E-state index in [1.165, 1.54) is 27.1 Å². The highest BCUT2D eigenvalue weighted by Crippen LogP contribution is 2.26. The Morgan fingerprint density at radius 1 is 1.14 bits per heavy atom. The molecule has 2 aromatic rings. The summed E-state index contributed by atoms with van der Waals surface area (Å²) in [4.78, 5) is 1.41. The first-order chi connectivity index (χ1) is 10.2. The lowest BCUT2D eigenvalue weighted by atomic mass is 9.95. The Balaban J connectivity index is 1.63. The minimum absolute atomic E-state index is 0.159. The highest BCUT2D eigenvalue weighted by atomic mass is 79.9. The van der Waals surface area contributed by atoms with Gasteiger partial charge in [0.05, 0.1) is 3.79 Å². The summed E-state index contributed by atoms with van der Waals surface area (Å²) >= 11 is 5.34. The molecule has 1 N–H and O–H groups in total. The molecule has 3 rings (SSSR count). The number of nitrogens with one attached hydrogen (secondary N) is 1. The van der Waals surface area contributed by atoms with E-state index >= 15 is 0 Å². The molecule has 1 aromatic carbocycles. The summed E-state index contributed by atoms with van der Waals surface area (Å²) in [6, 6.07) is 12.0. The van der Waals surface area contributed by atoms with Gasteiger partial charge >= 0.3 is 0 Å². The van der Waals surface area contributed by atoms with E-state index in [1.807, 2.05) is 23.5 Å². The molecule has 1 aliphatic rings. The molecule has 1 nitrogen and oxygen atoms in total. The van der Waals surface area contributed by atoms with Crippen LogP contribution in [0.15, 0.2) is 40.2 Å². The third kappa shape index (κ3) is 4.90. The topological polar surface area (TPSA) is 12.0 Å². The Bertz CT molecular complexity index is 577.